The van der Waals surface area contributed by atoms with Gasteiger partial charge < -0.3 is 10.6 Å². The Labute approximate surface area is 89.2 Å². The monoisotopic (exact) mass is 210 g/mol. The van der Waals surface area contributed by atoms with Crippen LogP contribution in [0.5, 0.6) is 0 Å². The first-order valence-corrected chi connectivity index (χ1v) is 4.79. The second kappa shape index (κ2) is 4.85. The minimum Gasteiger partial charge on any atom is -0.393 e. The van der Waals surface area contributed by atoms with Gasteiger partial charge in [-0.25, -0.2) is 4.98 Å². The van der Waals surface area contributed by atoms with Gasteiger partial charge in [0.05, 0.1) is 10.7 Å². The van der Waals surface area contributed by atoms with Crippen LogP contribution in [-0.2, 0) is 0 Å². The predicted molar refractivity (Wildman–Crippen MR) is 61.4 cm³/mol. The number of hydrogen-bond acceptors (Lipinski definition) is 4. The van der Waals surface area contributed by atoms with E-state index >= 15 is 0 Å². The molecule has 1 aromatic heterocycles. The molecule has 0 amide bonds. The number of aromatic nitrogens is 2. The van der Waals surface area contributed by atoms with E-state index in [0.29, 0.717) is 11.4 Å². The summed E-state index contributed by atoms with van der Waals surface area (Å²) in [4.78, 5) is 10.9. The van der Waals surface area contributed by atoms with Crippen LogP contribution < -0.4 is 10.6 Å². The van der Waals surface area contributed by atoms with Crippen LogP contribution >= 0.6 is 12.2 Å². The van der Waals surface area contributed by atoms with Gasteiger partial charge in [-0.2, -0.15) is 0 Å². The van der Waals surface area contributed by atoms with Gasteiger partial charge in [0.25, 0.3) is 0 Å². The molecular weight excluding hydrogens is 196 g/mol. The summed E-state index contributed by atoms with van der Waals surface area (Å²) >= 11 is 4.81. The highest BCUT2D eigenvalue weighted by Crippen LogP contribution is 2.11. The topological polar surface area (TPSA) is 55.0 Å². The van der Waals surface area contributed by atoms with Crippen LogP contribution in [-0.4, -0.2) is 28.5 Å². The molecule has 0 saturated carbocycles. The molecule has 5 heteroatoms. The van der Waals surface area contributed by atoms with Gasteiger partial charge in [-0.1, -0.05) is 12.2 Å². The number of hydrogen-bond donors (Lipinski definition) is 1. The van der Waals surface area contributed by atoms with Crippen LogP contribution in [0.4, 0.5) is 5.82 Å². The van der Waals surface area contributed by atoms with Crippen molar-refractivity contribution in [3.05, 3.63) is 18.1 Å². The molecular formula is C9H14N4S. The molecule has 0 saturated heterocycles. The van der Waals surface area contributed by atoms with E-state index in [-0.39, 0.29) is 0 Å². The fourth-order valence-corrected chi connectivity index (χ4v) is 1.25. The van der Waals surface area contributed by atoms with Crippen LogP contribution in [0.1, 0.15) is 12.1 Å². The van der Waals surface area contributed by atoms with E-state index in [1.165, 1.54) is 0 Å². The number of aryl methyl sites for hydroxylation is 1. The lowest BCUT2D eigenvalue weighted by molar-refractivity contribution is 0.880. The van der Waals surface area contributed by atoms with Crippen molar-refractivity contribution in [1.29, 1.82) is 0 Å². The summed E-state index contributed by atoms with van der Waals surface area (Å²) < 4.78 is 0. The van der Waals surface area contributed by atoms with Gasteiger partial charge in [0, 0.05) is 32.4 Å². The number of anilines is 1. The molecule has 2 N–H and O–H groups in total. The molecule has 0 bridgehead atoms. The molecule has 0 atom stereocenters. The fraction of sp³-hybridized carbons (Fsp3) is 0.444. The average Bonchev–Trinajstić information content (AvgIpc) is 2.15. The van der Waals surface area contributed by atoms with Crippen LogP contribution in [0.15, 0.2) is 12.4 Å². The molecule has 0 fully saturated rings. The summed E-state index contributed by atoms with van der Waals surface area (Å²) in [7, 11) is 1.95. The predicted octanol–water partition coefficient (Wildman–Crippen LogP) is 0.897. The molecule has 1 heterocycles. The van der Waals surface area contributed by atoms with Crippen LogP contribution in [0.25, 0.3) is 0 Å². The zero-order valence-corrected chi connectivity index (χ0v) is 9.21. The summed E-state index contributed by atoms with van der Waals surface area (Å²) in [5, 5.41) is 0. The van der Waals surface area contributed by atoms with Crippen molar-refractivity contribution in [1.82, 2.24) is 9.97 Å². The SMILES string of the molecule is Cc1nccnc1N(C)CCC(N)=S. The van der Waals surface area contributed by atoms with Gasteiger partial charge in [0.15, 0.2) is 0 Å². The molecule has 14 heavy (non-hydrogen) atoms. The Bertz CT molecular complexity index is 326. The number of nitrogens with zero attached hydrogens (tertiary/aromatic N) is 3. The third kappa shape index (κ3) is 2.92. The van der Waals surface area contributed by atoms with Crippen molar-refractivity contribution >= 4 is 23.0 Å². The summed E-state index contributed by atoms with van der Waals surface area (Å²) in [5.41, 5.74) is 6.34. The van der Waals surface area contributed by atoms with Gasteiger partial charge in [0.2, 0.25) is 0 Å². The standard InChI is InChI=1S/C9H14N4S/c1-7-9(12-5-4-11-7)13(2)6-3-8(10)14/h4-5H,3,6H2,1-2H3,(H2,10,14). The first-order chi connectivity index (χ1) is 6.61. The maximum atomic E-state index is 5.43. The molecule has 1 aromatic rings. The first-order valence-electron chi connectivity index (χ1n) is 4.38. The van der Waals surface area contributed by atoms with Crippen molar-refractivity contribution in [2.75, 3.05) is 18.5 Å². The molecule has 0 radical (unpaired) electrons. The zero-order chi connectivity index (χ0) is 10.6. The highest BCUT2D eigenvalue weighted by Gasteiger charge is 2.05. The van der Waals surface area contributed by atoms with E-state index in [1.54, 1.807) is 12.4 Å². The van der Waals surface area contributed by atoms with E-state index in [0.717, 1.165) is 18.1 Å². The second-order valence-corrected chi connectivity index (χ2v) is 3.63. The Morgan fingerprint density at radius 3 is 2.71 bits per heavy atom. The molecule has 1 rings (SSSR count). The van der Waals surface area contributed by atoms with E-state index in [1.807, 2.05) is 18.9 Å². The van der Waals surface area contributed by atoms with Gasteiger partial charge in [-0.3, -0.25) is 4.98 Å². The Kier molecular flexibility index (Phi) is 3.76. The minimum absolute atomic E-state index is 0.526. The Morgan fingerprint density at radius 2 is 2.14 bits per heavy atom. The number of nitrogens with two attached hydrogens (primary N) is 1. The molecule has 0 unspecified atom stereocenters. The lowest BCUT2D eigenvalue weighted by atomic mass is 10.3. The van der Waals surface area contributed by atoms with Gasteiger partial charge in [0.1, 0.15) is 5.82 Å². The molecule has 0 aliphatic heterocycles. The fourth-order valence-electron chi connectivity index (χ4n) is 1.16. The molecule has 76 valence electrons. The molecule has 4 nitrogen and oxygen atoms in total. The highest BCUT2D eigenvalue weighted by molar-refractivity contribution is 7.80. The average molecular weight is 210 g/mol. The Hall–Kier alpha value is -1.23. The largest absolute Gasteiger partial charge is 0.393 e. The van der Waals surface area contributed by atoms with Gasteiger partial charge in [-0.15, -0.1) is 0 Å². The van der Waals surface area contributed by atoms with E-state index in [9.17, 15) is 0 Å². The van der Waals surface area contributed by atoms with Gasteiger partial charge in [-0.05, 0) is 6.92 Å². The molecule has 0 aromatic carbocycles. The van der Waals surface area contributed by atoms with E-state index in [2.05, 4.69) is 9.97 Å². The van der Waals surface area contributed by atoms with Crippen molar-refractivity contribution in [3.63, 3.8) is 0 Å². The maximum Gasteiger partial charge on any atom is 0.149 e. The van der Waals surface area contributed by atoms with E-state index < -0.39 is 0 Å². The van der Waals surface area contributed by atoms with Crippen molar-refractivity contribution in [2.45, 2.75) is 13.3 Å². The maximum absolute atomic E-state index is 5.43. The summed E-state index contributed by atoms with van der Waals surface area (Å²) in [5.74, 6) is 0.878. The second-order valence-electron chi connectivity index (χ2n) is 3.10. The van der Waals surface area contributed by atoms with Crippen molar-refractivity contribution in [2.24, 2.45) is 5.73 Å². The molecule has 0 spiro atoms. The number of rotatable bonds is 4. The van der Waals surface area contributed by atoms with Crippen molar-refractivity contribution in [3.8, 4) is 0 Å². The Balaban J connectivity index is 2.65. The normalized spacial score (nSPS) is 9.86. The molecule has 0 aliphatic rings. The quantitative estimate of drug-likeness (QED) is 0.748. The van der Waals surface area contributed by atoms with Crippen LogP contribution in [0.3, 0.4) is 0 Å². The van der Waals surface area contributed by atoms with Crippen LogP contribution in [0.2, 0.25) is 0 Å². The number of thiocarbonyl (C=S) groups is 1. The summed E-state index contributed by atoms with van der Waals surface area (Å²) in [6, 6.07) is 0. The van der Waals surface area contributed by atoms with Gasteiger partial charge >= 0.3 is 0 Å². The smallest absolute Gasteiger partial charge is 0.149 e. The third-order valence-electron chi connectivity index (χ3n) is 1.91. The molecule has 0 aliphatic carbocycles. The lowest BCUT2D eigenvalue weighted by Gasteiger charge is -2.18. The third-order valence-corrected chi connectivity index (χ3v) is 2.11. The summed E-state index contributed by atoms with van der Waals surface area (Å²) in [6.07, 6.45) is 4.06. The zero-order valence-electron chi connectivity index (χ0n) is 8.40. The minimum atomic E-state index is 0.526. The van der Waals surface area contributed by atoms with Crippen LogP contribution in [0, 0.1) is 6.92 Å². The lowest BCUT2D eigenvalue weighted by Crippen LogP contribution is -2.24. The first kappa shape index (κ1) is 10.8. The van der Waals surface area contributed by atoms with Crippen molar-refractivity contribution < 1.29 is 0 Å². The highest BCUT2D eigenvalue weighted by atomic mass is 32.1. The summed E-state index contributed by atoms with van der Waals surface area (Å²) in [6.45, 7) is 2.70. The van der Waals surface area contributed by atoms with E-state index in [4.69, 9.17) is 18.0 Å². The Morgan fingerprint density at radius 1 is 1.50 bits per heavy atom.